The summed E-state index contributed by atoms with van der Waals surface area (Å²) < 4.78 is 14.8. The van der Waals surface area contributed by atoms with Crippen LogP contribution < -0.4 is 16.5 Å². The van der Waals surface area contributed by atoms with E-state index in [1.165, 1.54) is 16.6 Å². The van der Waals surface area contributed by atoms with Gasteiger partial charge in [-0.25, -0.2) is 9.37 Å². The largest absolute Gasteiger partial charge is 0.384 e. The highest BCUT2D eigenvalue weighted by atomic mass is 19.1. The molecule has 0 bridgehead atoms. The number of anilines is 1. The average Bonchev–Trinajstić information content (AvgIpc) is 3.30. The van der Waals surface area contributed by atoms with E-state index in [-0.39, 0.29) is 17.8 Å². The van der Waals surface area contributed by atoms with E-state index in [9.17, 15) is 9.18 Å². The summed E-state index contributed by atoms with van der Waals surface area (Å²) in [6, 6.07) is 10.3. The molecule has 1 saturated heterocycles. The van der Waals surface area contributed by atoms with E-state index in [0.29, 0.717) is 29.2 Å². The van der Waals surface area contributed by atoms with Crippen LogP contribution in [-0.2, 0) is 11.3 Å². The Kier molecular flexibility index (Phi) is 6.21. The van der Waals surface area contributed by atoms with Crippen molar-refractivity contribution in [3.8, 4) is 22.4 Å². The average molecular weight is 469 g/mol. The van der Waals surface area contributed by atoms with Gasteiger partial charge in [0, 0.05) is 55.5 Å². The van der Waals surface area contributed by atoms with Crippen LogP contribution in [0.3, 0.4) is 0 Å². The third-order valence-electron chi connectivity index (χ3n) is 6.51. The number of carbonyl (C=O) groups excluding carboxylic acids is 1. The van der Waals surface area contributed by atoms with Crippen molar-refractivity contribution in [1.82, 2.24) is 29.8 Å². The number of rotatable bonds is 5. The van der Waals surface area contributed by atoms with Gasteiger partial charge in [0.2, 0.25) is 5.91 Å². The number of nitrogens with two attached hydrogens (primary N) is 1. The first-order valence-corrected chi connectivity index (χ1v) is 11.5. The fraction of sp³-hybridized carbons (Fsp3) is 0.280. The molecule has 2 radical (unpaired) electrons. The second kappa shape index (κ2) is 9.46. The lowest BCUT2D eigenvalue weighted by Crippen LogP contribution is -2.44. The van der Waals surface area contributed by atoms with Gasteiger partial charge in [0.05, 0.1) is 17.6 Å². The molecule has 1 aromatic carbocycles. The van der Waals surface area contributed by atoms with Gasteiger partial charge >= 0.3 is 0 Å². The maximum Gasteiger partial charge on any atom is 0.219 e. The zero-order valence-electron chi connectivity index (χ0n) is 19.4. The van der Waals surface area contributed by atoms with E-state index in [0.717, 1.165) is 48.3 Å². The fourth-order valence-electron chi connectivity index (χ4n) is 4.40. The number of nitrogen functional groups attached to an aromatic ring is 1. The minimum absolute atomic E-state index is 0.112. The molecule has 10 heteroatoms. The minimum atomic E-state index is -0.286. The predicted molar refractivity (Wildman–Crippen MR) is 134 cm³/mol. The van der Waals surface area contributed by atoms with Crippen molar-refractivity contribution >= 4 is 30.7 Å². The number of aromatic nitrogens is 4. The van der Waals surface area contributed by atoms with Crippen molar-refractivity contribution in [1.29, 1.82) is 0 Å². The minimum Gasteiger partial charge on any atom is -0.384 e. The van der Waals surface area contributed by atoms with E-state index in [1.54, 1.807) is 31.5 Å². The molecule has 1 aliphatic rings. The van der Waals surface area contributed by atoms with Gasteiger partial charge in [-0.05, 0) is 48.6 Å². The summed E-state index contributed by atoms with van der Waals surface area (Å²) in [6.45, 7) is 3.55. The third kappa shape index (κ3) is 4.61. The fourth-order valence-corrected chi connectivity index (χ4v) is 4.40. The molecule has 5 rings (SSSR count). The maximum absolute atomic E-state index is 13.2. The molecule has 176 valence electrons. The molecular formula is C25H25BFN7O. The Bertz CT molecular complexity index is 1360. The topological polar surface area (TPSA) is 101 Å². The SMILES string of the molecule is [B]c1c(CNC2CCN(C(C)=O)CC2)nc2c(-c3ccc(-c4ccc(F)cc4)nc3)cnn2c1N. The van der Waals surface area contributed by atoms with Crippen LogP contribution in [0.4, 0.5) is 10.2 Å². The van der Waals surface area contributed by atoms with Crippen molar-refractivity contribution in [2.75, 3.05) is 18.8 Å². The second-order valence-corrected chi connectivity index (χ2v) is 8.75. The summed E-state index contributed by atoms with van der Waals surface area (Å²) in [7, 11) is 6.29. The number of benzene rings is 1. The van der Waals surface area contributed by atoms with Gasteiger partial charge < -0.3 is 16.0 Å². The first kappa shape index (κ1) is 23.0. The Morgan fingerprint density at radius 3 is 2.51 bits per heavy atom. The zero-order chi connectivity index (χ0) is 24.5. The van der Waals surface area contributed by atoms with E-state index in [1.807, 2.05) is 17.0 Å². The quantitative estimate of drug-likeness (QED) is 0.434. The molecule has 3 N–H and O–H groups in total. The Morgan fingerprint density at radius 1 is 1.14 bits per heavy atom. The van der Waals surface area contributed by atoms with Crippen molar-refractivity contribution < 1.29 is 9.18 Å². The number of carbonyl (C=O) groups is 1. The Morgan fingerprint density at radius 2 is 1.86 bits per heavy atom. The highest BCUT2D eigenvalue weighted by molar-refractivity contribution is 6.36. The smallest absolute Gasteiger partial charge is 0.219 e. The number of fused-ring (bicyclic) bond motifs is 1. The molecule has 8 nitrogen and oxygen atoms in total. The first-order valence-electron chi connectivity index (χ1n) is 11.5. The van der Waals surface area contributed by atoms with Crippen molar-refractivity contribution in [2.45, 2.75) is 32.4 Å². The molecule has 4 heterocycles. The standard InChI is InChI=1S/C25H25BFN7O/c1-15(35)33-10-8-19(9-11-33)29-14-22-23(26)24(28)34-25(32-22)20(13-31-34)17-4-7-21(30-12-17)16-2-5-18(27)6-3-16/h2-7,12-13,19,29H,8-11,14,28H2,1H3. The lowest BCUT2D eigenvalue weighted by Gasteiger charge is -2.31. The molecule has 0 unspecified atom stereocenters. The number of nitrogens with one attached hydrogen (secondary N) is 1. The molecular weight excluding hydrogens is 444 g/mol. The molecule has 0 spiro atoms. The summed E-state index contributed by atoms with van der Waals surface area (Å²) in [6.07, 6.45) is 5.19. The summed E-state index contributed by atoms with van der Waals surface area (Å²) in [5.74, 6) is 0.160. The number of nitrogens with zero attached hydrogens (tertiary/aromatic N) is 5. The molecule has 4 aromatic rings. The number of likely N-dealkylation sites (tertiary alicyclic amines) is 1. The van der Waals surface area contributed by atoms with Crippen LogP contribution in [0.2, 0.25) is 0 Å². The monoisotopic (exact) mass is 469 g/mol. The van der Waals surface area contributed by atoms with Gasteiger partial charge in [-0.15, -0.1) is 0 Å². The van der Waals surface area contributed by atoms with Gasteiger partial charge in [0.25, 0.3) is 0 Å². The predicted octanol–water partition coefficient (Wildman–Crippen LogP) is 2.07. The van der Waals surface area contributed by atoms with Crippen LogP contribution in [0.5, 0.6) is 0 Å². The van der Waals surface area contributed by atoms with Crippen molar-refractivity contribution in [3.63, 3.8) is 0 Å². The highest BCUT2D eigenvalue weighted by Crippen LogP contribution is 2.26. The number of hydrogen-bond acceptors (Lipinski definition) is 6. The molecule has 0 atom stereocenters. The van der Waals surface area contributed by atoms with Crippen LogP contribution in [0, 0.1) is 5.82 Å². The summed E-state index contributed by atoms with van der Waals surface area (Å²) in [5, 5.41) is 7.89. The zero-order valence-corrected chi connectivity index (χ0v) is 19.4. The third-order valence-corrected chi connectivity index (χ3v) is 6.51. The number of halogens is 1. The summed E-state index contributed by atoms with van der Waals surface area (Å²) in [5.41, 5.74) is 11.1. The van der Waals surface area contributed by atoms with Crippen LogP contribution in [0.25, 0.3) is 28.0 Å². The van der Waals surface area contributed by atoms with E-state index in [4.69, 9.17) is 18.6 Å². The number of pyridine rings is 1. The van der Waals surface area contributed by atoms with Crippen molar-refractivity contribution in [2.24, 2.45) is 0 Å². The van der Waals surface area contributed by atoms with Crippen LogP contribution in [0.15, 0.2) is 48.8 Å². The van der Waals surface area contributed by atoms with Crippen molar-refractivity contribution in [3.05, 3.63) is 60.3 Å². The Balaban J connectivity index is 1.38. The number of piperidine rings is 1. The summed E-state index contributed by atoms with van der Waals surface area (Å²) >= 11 is 0. The second-order valence-electron chi connectivity index (χ2n) is 8.75. The molecule has 0 aliphatic carbocycles. The molecule has 1 aliphatic heterocycles. The molecule has 0 saturated carbocycles. The van der Waals surface area contributed by atoms with Gasteiger partial charge in [-0.2, -0.15) is 9.61 Å². The summed E-state index contributed by atoms with van der Waals surface area (Å²) in [4.78, 5) is 22.7. The van der Waals surface area contributed by atoms with E-state index in [2.05, 4.69) is 15.4 Å². The lowest BCUT2D eigenvalue weighted by atomic mass is 9.93. The number of amides is 1. The molecule has 35 heavy (non-hydrogen) atoms. The van der Waals surface area contributed by atoms with Gasteiger partial charge in [0.1, 0.15) is 19.5 Å². The first-order chi connectivity index (χ1) is 16.9. The van der Waals surface area contributed by atoms with Crippen LogP contribution >= 0.6 is 0 Å². The van der Waals surface area contributed by atoms with E-state index < -0.39 is 0 Å². The molecule has 3 aromatic heterocycles. The van der Waals surface area contributed by atoms with E-state index >= 15 is 0 Å². The highest BCUT2D eigenvalue weighted by Gasteiger charge is 2.21. The van der Waals surface area contributed by atoms with Gasteiger partial charge in [-0.3, -0.25) is 9.78 Å². The number of hydrogen-bond donors (Lipinski definition) is 2. The Hall–Kier alpha value is -3.79. The van der Waals surface area contributed by atoms with Crippen LogP contribution in [-0.4, -0.2) is 57.4 Å². The maximum atomic E-state index is 13.2. The van der Waals surface area contributed by atoms with Crippen LogP contribution in [0.1, 0.15) is 25.5 Å². The van der Waals surface area contributed by atoms with Gasteiger partial charge in [0.15, 0.2) is 5.65 Å². The molecule has 1 amide bonds. The van der Waals surface area contributed by atoms with Gasteiger partial charge in [-0.1, -0.05) is 6.07 Å². The lowest BCUT2D eigenvalue weighted by molar-refractivity contribution is -0.129. The molecule has 1 fully saturated rings. The normalized spacial score (nSPS) is 14.5. The Labute approximate surface area is 203 Å².